The van der Waals surface area contributed by atoms with Crippen LogP contribution in [0.5, 0.6) is 11.5 Å². The number of nitrogens with one attached hydrogen (secondary N) is 1. The number of fused-ring (bicyclic) bond motifs is 8. The largest absolute Gasteiger partial charge is 0.496 e. The summed E-state index contributed by atoms with van der Waals surface area (Å²) >= 11 is 6.19. The Morgan fingerprint density at radius 3 is 1.38 bits per heavy atom. The first-order valence-electron chi connectivity index (χ1n) is 39.0. The minimum absolute atomic E-state index is 0.344. The van der Waals surface area contributed by atoms with Gasteiger partial charge in [-0.1, -0.05) is 116 Å². The zero-order valence-corrected chi connectivity index (χ0v) is 65.9. The first kappa shape index (κ1) is 77.4. The number of methoxy groups -OCH3 is 2. The van der Waals surface area contributed by atoms with Gasteiger partial charge >= 0.3 is 6.18 Å². The highest BCUT2D eigenvalue weighted by atomic mass is 35.5. The molecule has 20 rings (SSSR count). The number of halogens is 5. The van der Waals surface area contributed by atoms with Crippen LogP contribution in [-0.2, 0) is 25.4 Å². The minimum Gasteiger partial charge on any atom is -0.496 e. The SMILES string of the molecule is C1=C(c2cc(-c3ccccc3)nc3ncccc23)c2cccnc2C1.CCN(CC)CCNc1ccc(-c2cc(-c3cc(Cl)ccc3F)nc3ncccc23)c2ccncc12.COc1cccc(OC)c1-c1cc(C2=CCc3ncccc32)c2cccnc2n1.FC(F)(F)c1cccc(-c2cc(C3=CCc4ncccc43)c3cccnc3n2)c1. The van der Waals surface area contributed by atoms with Crippen molar-refractivity contribution in [1.82, 2.24) is 64.7 Å². The molecule has 17 aromatic rings. The van der Waals surface area contributed by atoms with Crippen molar-refractivity contribution in [1.29, 1.82) is 0 Å². The van der Waals surface area contributed by atoms with E-state index in [-0.39, 0.29) is 5.82 Å². The standard InChI is InChI=1S/C29H27ClFN5.C24H19N3O2.C23H14F3N3.C22H15N3/c1-3-36(4-2)15-14-33-27-10-8-20(21-11-13-32-18-25(21)27)23-17-28(24-16-19(30)7-9-26(24)31)35-29-22(23)6-5-12-34-29;1-28-21-8-3-9-22(29-2)23(21)20-14-18(17-7-5-13-26-24(17)27-20)15-10-11-19-16(15)6-4-12-25-19;24-23(25,26)15-5-1-4-14(12-15)21-13-19(18-7-3-11-28-22(18)29-21)16-8-9-20-17(16)6-2-10-27-20;1-2-6-15(7-3-1)21-14-19(18-9-5-13-24-22(18)25-21)16-10-11-20-17(16)8-4-12-23-20/h5-13,16-18,33H,3-4,14-15H2,1-2H3;3-10,12-14H,11H2,1-2H3;1-8,10-13H,9H2;1-10,12-14H,11H2. The van der Waals surface area contributed by atoms with E-state index < -0.39 is 11.7 Å². The van der Waals surface area contributed by atoms with E-state index >= 15 is 0 Å². The third-order valence-corrected chi connectivity index (χ3v) is 21.7. The summed E-state index contributed by atoms with van der Waals surface area (Å²) in [6.07, 6.45) is 20.6. The maximum atomic E-state index is 14.8. The van der Waals surface area contributed by atoms with Crippen molar-refractivity contribution in [2.75, 3.05) is 45.7 Å². The maximum absolute atomic E-state index is 14.8. The average molecular weight is 1590 g/mol. The number of nitrogens with zero attached hydrogens (tertiary/aromatic N) is 13. The lowest BCUT2D eigenvalue weighted by molar-refractivity contribution is -0.137. The smallest absolute Gasteiger partial charge is 0.416 e. The van der Waals surface area contributed by atoms with Crippen LogP contribution in [0.1, 0.15) is 69.9 Å². The van der Waals surface area contributed by atoms with Crippen molar-refractivity contribution in [3.8, 4) is 67.7 Å². The molecule has 0 fully saturated rings. The first-order chi connectivity index (χ1) is 58.3. The molecule has 0 bridgehead atoms. The predicted molar refractivity (Wildman–Crippen MR) is 465 cm³/mol. The minimum atomic E-state index is -4.41. The highest BCUT2D eigenvalue weighted by Crippen LogP contribution is 2.45. The Morgan fingerprint density at radius 2 is 0.857 bits per heavy atom. The Hall–Kier alpha value is -14.2. The highest BCUT2D eigenvalue weighted by Gasteiger charge is 2.32. The van der Waals surface area contributed by atoms with Gasteiger partial charge in [0, 0.05) is 159 Å². The van der Waals surface area contributed by atoms with Crippen LogP contribution in [0.15, 0.2) is 292 Å². The summed E-state index contributed by atoms with van der Waals surface area (Å²) < 4.78 is 65.5. The topological polar surface area (TPSA) is 188 Å². The van der Waals surface area contributed by atoms with Crippen LogP contribution in [-0.4, -0.2) is 105 Å². The van der Waals surface area contributed by atoms with Gasteiger partial charge in [0.1, 0.15) is 17.3 Å². The van der Waals surface area contributed by atoms with E-state index in [0.29, 0.717) is 62.4 Å². The molecule has 0 spiro atoms. The Labute approximate surface area is 688 Å². The van der Waals surface area contributed by atoms with Gasteiger partial charge in [0.05, 0.1) is 65.2 Å². The fourth-order valence-corrected chi connectivity index (χ4v) is 15.8. The fourth-order valence-electron chi connectivity index (χ4n) is 15.6. The molecule has 21 heteroatoms. The summed E-state index contributed by atoms with van der Waals surface area (Å²) in [7, 11) is 3.31. The number of aromatic nitrogens is 12. The molecule has 0 amide bonds. The lowest BCUT2D eigenvalue weighted by Gasteiger charge is -2.19. The number of pyridine rings is 12. The summed E-state index contributed by atoms with van der Waals surface area (Å²) in [6, 6.07) is 67.8. The molecule has 12 aromatic heterocycles. The van der Waals surface area contributed by atoms with E-state index in [1.54, 1.807) is 63.5 Å². The quantitative estimate of drug-likeness (QED) is 0.0899. The Bertz CT molecular complexity index is 6800. The van der Waals surface area contributed by atoms with Crippen LogP contribution in [0.3, 0.4) is 0 Å². The molecule has 5 aromatic carbocycles. The number of ether oxygens (including phenoxy) is 2. The van der Waals surface area contributed by atoms with E-state index in [4.69, 9.17) is 31.0 Å². The van der Waals surface area contributed by atoms with Crippen LogP contribution < -0.4 is 14.8 Å². The Morgan fingerprint density at radius 1 is 0.395 bits per heavy atom. The van der Waals surface area contributed by atoms with Gasteiger partial charge in [-0.05, 0) is 209 Å². The molecule has 0 atom stereocenters. The number of anilines is 1. The molecule has 1 N–H and O–H groups in total. The first-order valence-corrected chi connectivity index (χ1v) is 39.4. The molecular weight excluding hydrogens is 1520 g/mol. The van der Waals surface area contributed by atoms with Crippen molar-refractivity contribution >= 4 is 88.9 Å². The number of hydrogen-bond acceptors (Lipinski definition) is 16. The molecule has 0 saturated carbocycles. The van der Waals surface area contributed by atoms with E-state index in [0.717, 1.165) is 179 Å². The van der Waals surface area contributed by atoms with Gasteiger partial charge in [-0.2, -0.15) is 13.2 Å². The average Bonchev–Trinajstić information content (AvgIpc) is 1.46. The second-order valence-electron chi connectivity index (χ2n) is 28.3. The molecule has 0 saturated heterocycles. The zero-order valence-electron chi connectivity index (χ0n) is 65.2. The van der Waals surface area contributed by atoms with Crippen LogP contribution in [0, 0.1) is 5.82 Å². The number of alkyl halides is 3. The fraction of sp³-hybridized carbons (Fsp3) is 0.122. The van der Waals surface area contributed by atoms with Crippen LogP contribution >= 0.6 is 11.6 Å². The summed E-state index contributed by atoms with van der Waals surface area (Å²) in [4.78, 5) is 56.9. The van der Waals surface area contributed by atoms with Crippen LogP contribution in [0.2, 0.25) is 5.02 Å². The molecule has 0 unspecified atom stereocenters. The second kappa shape index (κ2) is 34.3. The summed E-state index contributed by atoms with van der Waals surface area (Å²) in [5.74, 6) is 1.04. The highest BCUT2D eigenvalue weighted by molar-refractivity contribution is 6.31. The summed E-state index contributed by atoms with van der Waals surface area (Å²) in [5.41, 5.74) is 23.2. The molecule has 16 nitrogen and oxygen atoms in total. The van der Waals surface area contributed by atoms with Crippen LogP contribution in [0.4, 0.5) is 23.2 Å². The molecular formula is C98H75ClF4N14O2. The molecule has 584 valence electrons. The summed E-state index contributed by atoms with van der Waals surface area (Å²) in [5, 5.41) is 9.94. The van der Waals surface area contributed by atoms with Gasteiger partial charge < -0.3 is 19.7 Å². The van der Waals surface area contributed by atoms with Gasteiger partial charge in [0.15, 0.2) is 22.6 Å². The Balaban J connectivity index is 0.000000114. The molecule has 12 heterocycles. The van der Waals surface area contributed by atoms with E-state index in [1.165, 1.54) is 34.9 Å². The number of rotatable bonds is 16. The van der Waals surface area contributed by atoms with Gasteiger partial charge in [-0.25, -0.2) is 44.3 Å². The number of hydrogen-bond donors (Lipinski definition) is 1. The molecule has 3 aliphatic carbocycles. The van der Waals surface area contributed by atoms with Gasteiger partial charge in [-0.15, -0.1) is 0 Å². The lowest BCUT2D eigenvalue weighted by Crippen LogP contribution is -2.28. The third-order valence-electron chi connectivity index (χ3n) is 21.4. The van der Waals surface area contributed by atoms with Crippen molar-refractivity contribution in [2.24, 2.45) is 0 Å². The summed E-state index contributed by atoms with van der Waals surface area (Å²) in [6.45, 7) is 8.21. The van der Waals surface area contributed by atoms with Crippen LogP contribution in [0.25, 0.3) is 128 Å². The van der Waals surface area contributed by atoms with Crippen molar-refractivity contribution in [2.45, 2.75) is 39.3 Å². The van der Waals surface area contributed by atoms with E-state index in [9.17, 15) is 17.6 Å². The monoisotopic (exact) mass is 1590 g/mol. The van der Waals surface area contributed by atoms with Gasteiger partial charge in [0.2, 0.25) is 0 Å². The number of allylic oxidation sites excluding steroid dienone is 3. The van der Waals surface area contributed by atoms with Crippen molar-refractivity contribution in [3.63, 3.8) is 0 Å². The van der Waals surface area contributed by atoms with E-state index in [2.05, 4.69) is 153 Å². The van der Waals surface area contributed by atoms with E-state index in [1.807, 2.05) is 134 Å². The number of benzene rings is 5. The zero-order chi connectivity index (χ0) is 81.5. The molecule has 0 radical (unpaired) electrons. The lowest BCUT2D eigenvalue weighted by atomic mass is 9.95. The maximum Gasteiger partial charge on any atom is 0.416 e. The van der Waals surface area contributed by atoms with Gasteiger partial charge in [-0.3, -0.25) is 19.9 Å². The molecule has 0 aliphatic heterocycles. The predicted octanol–water partition coefficient (Wildman–Crippen LogP) is 22.1. The molecule has 3 aliphatic rings. The second-order valence-corrected chi connectivity index (χ2v) is 28.8. The number of likely N-dealkylation sites (N-methyl/N-ethyl adjacent to an activating group) is 1. The third kappa shape index (κ3) is 16.1. The van der Waals surface area contributed by atoms with Crippen molar-refractivity contribution in [3.05, 3.63) is 359 Å². The van der Waals surface area contributed by atoms with Gasteiger partial charge in [0.25, 0.3) is 0 Å². The molecule has 119 heavy (non-hydrogen) atoms. The Kier molecular flexibility index (Phi) is 22.3. The normalized spacial score (nSPS) is 12.5. The van der Waals surface area contributed by atoms with Crippen molar-refractivity contribution < 1.29 is 27.0 Å².